The van der Waals surface area contributed by atoms with Crippen LogP contribution >= 0.6 is 23.1 Å². The second kappa shape index (κ2) is 9.12. The molecule has 5 nitrogen and oxygen atoms in total. The lowest BCUT2D eigenvalue weighted by Gasteiger charge is -2.19. The van der Waals surface area contributed by atoms with E-state index in [1.807, 2.05) is 25.1 Å². The first-order valence-electron chi connectivity index (χ1n) is 9.87. The molecule has 0 radical (unpaired) electrons. The molecule has 30 heavy (non-hydrogen) atoms. The molecule has 1 atom stereocenters. The number of aromatic nitrogens is 3. The Labute approximate surface area is 183 Å². The van der Waals surface area contributed by atoms with Gasteiger partial charge in [0.15, 0.2) is 5.16 Å². The number of nitrogens with zero attached hydrogens (tertiary/aromatic N) is 3. The van der Waals surface area contributed by atoms with Crippen molar-refractivity contribution in [3.05, 3.63) is 75.5 Å². The molecule has 0 aliphatic carbocycles. The summed E-state index contributed by atoms with van der Waals surface area (Å²) in [5.41, 5.74) is 3.84. The second-order valence-corrected chi connectivity index (χ2v) is 8.93. The van der Waals surface area contributed by atoms with Gasteiger partial charge in [-0.05, 0) is 25.5 Å². The molecule has 0 spiro atoms. The second-order valence-electron chi connectivity index (χ2n) is 7.13. The highest BCUT2D eigenvalue weighted by Gasteiger charge is 2.18. The van der Waals surface area contributed by atoms with Crippen LogP contribution in [-0.2, 0) is 5.75 Å². The number of thioether (sulfide) groups is 1. The highest BCUT2D eigenvalue weighted by atomic mass is 32.2. The average molecular weight is 438 g/mol. The Bertz CT molecular complexity index is 1210. The third-order valence-electron chi connectivity index (χ3n) is 5.02. The summed E-state index contributed by atoms with van der Waals surface area (Å²) in [6, 6.07) is 15.4. The molecule has 154 valence electrons. The molecule has 0 aliphatic heterocycles. The zero-order valence-electron chi connectivity index (χ0n) is 16.9. The van der Waals surface area contributed by atoms with E-state index < -0.39 is 0 Å². The van der Waals surface area contributed by atoms with Gasteiger partial charge in [-0.3, -0.25) is 9.36 Å². The third kappa shape index (κ3) is 4.19. The van der Waals surface area contributed by atoms with Crippen LogP contribution in [0.25, 0.3) is 21.5 Å². The zero-order chi connectivity index (χ0) is 21.1. The predicted molar refractivity (Wildman–Crippen MR) is 124 cm³/mol. The van der Waals surface area contributed by atoms with E-state index in [1.165, 1.54) is 17.3 Å². The van der Waals surface area contributed by atoms with Crippen LogP contribution in [0.2, 0.25) is 0 Å². The van der Waals surface area contributed by atoms with E-state index in [-0.39, 0.29) is 18.2 Å². The lowest BCUT2D eigenvalue weighted by Crippen LogP contribution is -2.29. The molecular formula is C23H23N3O2S2. The van der Waals surface area contributed by atoms with Crippen molar-refractivity contribution >= 4 is 34.0 Å². The standard InChI is InChI=1S/C23H23N3O2S2/c1-3-18(12-27)26-22(28)19-6-4-5-7-20(19)25-23(26)30-14-17-13-29-21(24-17)16-10-8-15(2)9-11-16/h4-11,13,18,27H,3,12,14H2,1-2H3/t18-/m1/s1. The van der Waals surface area contributed by atoms with Gasteiger partial charge in [0.25, 0.3) is 5.56 Å². The molecule has 1 N–H and O–H groups in total. The Kier molecular flexibility index (Phi) is 6.32. The van der Waals surface area contributed by atoms with Crippen LogP contribution in [0.4, 0.5) is 0 Å². The first-order chi connectivity index (χ1) is 14.6. The Morgan fingerprint density at radius 1 is 1.13 bits per heavy atom. The molecule has 0 fully saturated rings. The normalized spacial score (nSPS) is 12.4. The highest BCUT2D eigenvalue weighted by molar-refractivity contribution is 7.98. The summed E-state index contributed by atoms with van der Waals surface area (Å²) >= 11 is 3.10. The summed E-state index contributed by atoms with van der Waals surface area (Å²) in [6.45, 7) is 3.93. The van der Waals surface area contributed by atoms with Crippen LogP contribution in [-0.4, -0.2) is 26.2 Å². The number of fused-ring (bicyclic) bond motifs is 1. The number of thiazole rings is 1. The maximum atomic E-state index is 13.1. The van der Waals surface area contributed by atoms with Crippen molar-refractivity contribution < 1.29 is 5.11 Å². The van der Waals surface area contributed by atoms with E-state index in [2.05, 4.69) is 36.6 Å². The minimum Gasteiger partial charge on any atom is -0.394 e. The number of aryl methyl sites for hydroxylation is 1. The van der Waals surface area contributed by atoms with Gasteiger partial charge in [-0.15, -0.1) is 11.3 Å². The number of rotatable bonds is 7. The molecule has 0 bridgehead atoms. The van der Waals surface area contributed by atoms with Crippen molar-refractivity contribution in [1.29, 1.82) is 0 Å². The van der Waals surface area contributed by atoms with Crippen LogP contribution in [0.1, 0.15) is 30.6 Å². The van der Waals surface area contributed by atoms with Crippen molar-refractivity contribution in [3.8, 4) is 10.6 Å². The molecule has 0 saturated carbocycles. The van der Waals surface area contributed by atoms with E-state index in [9.17, 15) is 9.90 Å². The fourth-order valence-corrected chi connectivity index (χ4v) is 5.17. The molecule has 2 aromatic heterocycles. The summed E-state index contributed by atoms with van der Waals surface area (Å²) in [5, 5.41) is 14.0. The number of aliphatic hydroxyl groups excluding tert-OH is 1. The molecule has 7 heteroatoms. The quantitative estimate of drug-likeness (QED) is 0.323. The Hall–Kier alpha value is -2.48. The number of benzene rings is 2. The van der Waals surface area contributed by atoms with Crippen molar-refractivity contribution in [2.75, 3.05) is 6.61 Å². The largest absolute Gasteiger partial charge is 0.394 e. The predicted octanol–water partition coefficient (Wildman–Crippen LogP) is 5.06. The molecule has 0 amide bonds. The zero-order valence-corrected chi connectivity index (χ0v) is 18.5. The van der Waals surface area contributed by atoms with E-state index in [1.54, 1.807) is 22.0 Å². The van der Waals surface area contributed by atoms with Crippen molar-refractivity contribution in [3.63, 3.8) is 0 Å². The van der Waals surface area contributed by atoms with Gasteiger partial charge in [-0.25, -0.2) is 9.97 Å². The van der Waals surface area contributed by atoms with Gasteiger partial charge in [0, 0.05) is 16.7 Å². The fourth-order valence-electron chi connectivity index (χ4n) is 3.28. The molecule has 0 unspecified atom stereocenters. The van der Waals surface area contributed by atoms with Gasteiger partial charge in [-0.1, -0.05) is 60.6 Å². The Balaban J connectivity index is 1.64. The smallest absolute Gasteiger partial charge is 0.262 e. The summed E-state index contributed by atoms with van der Waals surface area (Å²) in [5.74, 6) is 0.606. The van der Waals surface area contributed by atoms with Gasteiger partial charge in [0.1, 0.15) is 5.01 Å². The number of aliphatic hydroxyl groups is 1. The minimum atomic E-state index is -0.296. The molecule has 2 heterocycles. The van der Waals surface area contributed by atoms with Gasteiger partial charge in [-0.2, -0.15) is 0 Å². The molecule has 0 saturated heterocycles. The van der Waals surface area contributed by atoms with Gasteiger partial charge in [0.2, 0.25) is 0 Å². The lowest BCUT2D eigenvalue weighted by molar-refractivity contribution is 0.213. The SMILES string of the molecule is CC[C@H](CO)n1c(SCc2csc(-c3ccc(C)cc3)n2)nc2ccccc2c1=O. The van der Waals surface area contributed by atoms with E-state index in [0.29, 0.717) is 28.2 Å². The van der Waals surface area contributed by atoms with Gasteiger partial charge < -0.3 is 5.11 Å². The van der Waals surface area contributed by atoms with E-state index >= 15 is 0 Å². The first-order valence-corrected chi connectivity index (χ1v) is 11.7. The Morgan fingerprint density at radius 3 is 2.63 bits per heavy atom. The minimum absolute atomic E-state index is 0.0989. The van der Waals surface area contributed by atoms with Crippen LogP contribution in [0.15, 0.2) is 63.9 Å². The van der Waals surface area contributed by atoms with Crippen LogP contribution < -0.4 is 5.56 Å². The van der Waals surface area contributed by atoms with Crippen molar-refractivity contribution in [1.82, 2.24) is 14.5 Å². The summed E-state index contributed by atoms with van der Waals surface area (Å²) < 4.78 is 1.64. The molecule has 4 rings (SSSR count). The molecular weight excluding hydrogens is 414 g/mol. The van der Waals surface area contributed by atoms with Gasteiger partial charge >= 0.3 is 0 Å². The van der Waals surface area contributed by atoms with Crippen molar-refractivity contribution in [2.45, 2.75) is 37.2 Å². The van der Waals surface area contributed by atoms with Gasteiger partial charge in [0.05, 0.1) is 29.2 Å². The van der Waals surface area contributed by atoms with Crippen LogP contribution in [0, 0.1) is 6.92 Å². The maximum Gasteiger partial charge on any atom is 0.262 e. The highest BCUT2D eigenvalue weighted by Crippen LogP contribution is 2.29. The van der Waals surface area contributed by atoms with E-state index in [0.717, 1.165) is 16.3 Å². The average Bonchev–Trinajstić information content (AvgIpc) is 3.24. The topological polar surface area (TPSA) is 68.0 Å². The third-order valence-corrected chi connectivity index (χ3v) is 6.95. The molecule has 0 aliphatic rings. The Morgan fingerprint density at radius 2 is 1.90 bits per heavy atom. The maximum absolute atomic E-state index is 13.1. The number of hydrogen-bond donors (Lipinski definition) is 1. The number of hydrogen-bond acceptors (Lipinski definition) is 6. The van der Waals surface area contributed by atoms with E-state index in [4.69, 9.17) is 9.97 Å². The summed E-state index contributed by atoms with van der Waals surface area (Å²) in [6.07, 6.45) is 0.651. The first kappa shape index (κ1) is 20.8. The summed E-state index contributed by atoms with van der Waals surface area (Å²) in [4.78, 5) is 22.6. The number of para-hydroxylation sites is 1. The molecule has 2 aromatic carbocycles. The molecule has 4 aromatic rings. The lowest BCUT2D eigenvalue weighted by atomic mass is 10.2. The van der Waals surface area contributed by atoms with Crippen LogP contribution in [0.3, 0.4) is 0 Å². The van der Waals surface area contributed by atoms with Crippen LogP contribution in [0.5, 0.6) is 0 Å². The monoisotopic (exact) mass is 437 g/mol. The van der Waals surface area contributed by atoms with Crippen molar-refractivity contribution in [2.24, 2.45) is 0 Å². The summed E-state index contributed by atoms with van der Waals surface area (Å²) in [7, 11) is 0. The fraction of sp³-hybridized carbons (Fsp3) is 0.261.